The molecule has 1 aromatic heterocycles. The van der Waals surface area contributed by atoms with E-state index in [0.29, 0.717) is 28.5 Å². The zero-order chi connectivity index (χ0) is 21.1. The van der Waals surface area contributed by atoms with Crippen molar-refractivity contribution in [2.24, 2.45) is 0 Å². The van der Waals surface area contributed by atoms with Crippen LogP contribution in [0.1, 0.15) is 19.3 Å². The van der Waals surface area contributed by atoms with Gasteiger partial charge in [-0.15, -0.1) is 0 Å². The van der Waals surface area contributed by atoms with Gasteiger partial charge in [-0.1, -0.05) is 12.2 Å². The minimum atomic E-state index is -0.474. The number of fused-ring (bicyclic) bond motifs is 1. The van der Waals surface area contributed by atoms with Crippen molar-refractivity contribution < 1.29 is 18.9 Å². The van der Waals surface area contributed by atoms with Gasteiger partial charge in [0, 0.05) is 24.4 Å². The monoisotopic (exact) mass is 425 g/mol. The van der Waals surface area contributed by atoms with Crippen LogP contribution in [-0.4, -0.2) is 54.1 Å². The molecular formula is C22H23N3O4S. The van der Waals surface area contributed by atoms with Gasteiger partial charge in [-0.25, -0.2) is 4.98 Å². The van der Waals surface area contributed by atoms with Crippen molar-refractivity contribution in [2.45, 2.75) is 31.5 Å². The molecule has 1 aliphatic carbocycles. The molecule has 4 rings (SSSR count). The van der Waals surface area contributed by atoms with E-state index < -0.39 is 6.10 Å². The lowest BCUT2D eigenvalue weighted by Crippen LogP contribution is -2.31. The molecule has 2 aromatic rings. The Morgan fingerprint density at radius 1 is 1.27 bits per heavy atom. The maximum absolute atomic E-state index is 9.60. The van der Waals surface area contributed by atoms with Gasteiger partial charge >= 0.3 is 0 Å². The first kappa shape index (κ1) is 20.5. The molecule has 2 heterocycles. The maximum Gasteiger partial charge on any atom is 0.163 e. The summed E-state index contributed by atoms with van der Waals surface area (Å²) in [7, 11) is 3.18. The van der Waals surface area contributed by atoms with Gasteiger partial charge in [0.2, 0.25) is 0 Å². The van der Waals surface area contributed by atoms with Crippen LogP contribution in [0.4, 0.5) is 0 Å². The highest BCUT2D eigenvalue weighted by atomic mass is 32.1. The summed E-state index contributed by atoms with van der Waals surface area (Å²) in [5, 5.41) is 9.60. The fraction of sp³-hybridized carbons (Fsp3) is 0.409. The standard InChI is InChI=1S/C22H23N3O4S/c1-26-19-9-17-18(10-20(19)27-2)25(13-24-17)15-7-14(11-23)22(30)21(8-15)29-12-16-5-3-4-6-28-16/h7-10,13,16,21H,3-6,12H2,1-2H3. The molecule has 1 aromatic carbocycles. The lowest BCUT2D eigenvalue weighted by Gasteiger charge is -2.26. The molecule has 2 aliphatic rings. The van der Waals surface area contributed by atoms with Crippen molar-refractivity contribution in [1.82, 2.24) is 9.55 Å². The minimum Gasteiger partial charge on any atom is -0.493 e. The van der Waals surface area contributed by atoms with E-state index in [2.05, 4.69) is 11.1 Å². The number of allylic oxidation sites excluding steroid dienone is 2. The number of hydrogen-bond acceptors (Lipinski definition) is 7. The van der Waals surface area contributed by atoms with Crippen molar-refractivity contribution in [3.8, 4) is 17.6 Å². The number of methoxy groups -OCH3 is 2. The van der Waals surface area contributed by atoms with Crippen LogP contribution in [0.25, 0.3) is 16.7 Å². The molecule has 1 aliphatic heterocycles. The second-order valence-electron chi connectivity index (χ2n) is 7.18. The Balaban J connectivity index is 1.66. The van der Waals surface area contributed by atoms with Gasteiger partial charge in [0.1, 0.15) is 18.5 Å². The summed E-state index contributed by atoms with van der Waals surface area (Å²) in [6, 6.07) is 5.87. The molecule has 0 N–H and O–H groups in total. The molecule has 8 heteroatoms. The number of benzene rings is 1. The van der Waals surface area contributed by atoms with Crippen LogP contribution in [0.5, 0.6) is 11.5 Å². The fourth-order valence-electron chi connectivity index (χ4n) is 3.70. The van der Waals surface area contributed by atoms with Gasteiger partial charge in [0.05, 0.1) is 48.4 Å². The van der Waals surface area contributed by atoms with Gasteiger partial charge in [-0.3, -0.25) is 4.57 Å². The maximum atomic E-state index is 9.60. The molecule has 0 amide bonds. The number of thiocarbonyl (C=S) groups is 1. The molecule has 0 radical (unpaired) electrons. The smallest absolute Gasteiger partial charge is 0.163 e. The van der Waals surface area contributed by atoms with Crippen molar-refractivity contribution in [3.05, 3.63) is 36.2 Å². The number of ether oxygens (including phenoxy) is 4. The Labute approximate surface area is 180 Å². The van der Waals surface area contributed by atoms with Crippen LogP contribution >= 0.6 is 12.2 Å². The summed E-state index contributed by atoms with van der Waals surface area (Å²) in [5.41, 5.74) is 2.76. The van der Waals surface area contributed by atoms with Crippen molar-refractivity contribution >= 4 is 33.8 Å². The van der Waals surface area contributed by atoms with Crippen LogP contribution < -0.4 is 9.47 Å². The lowest BCUT2D eigenvalue weighted by atomic mass is 10.0. The summed E-state index contributed by atoms with van der Waals surface area (Å²) in [5.74, 6) is 1.21. The van der Waals surface area contributed by atoms with E-state index in [9.17, 15) is 5.26 Å². The SMILES string of the molecule is COc1cc2ncn(C3=CC(OCC4CCCCO4)C(=S)C(C#N)=C3)c2cc1OC. The summed E-state index contributed by atoms with van der Waals surface area (Å²) >= 11 is 5.50. The predicted octanol–water partition coefficient (Wildman–Crippen LogP) is 3.68. The van der Waals surface area contributed by atoms with Gasteiger partial charge in [-0.05, 0) is 31.4 Å². The van der Waals surface area contributed by atoms with E-state index in [1.165, 1.54) is 0 Å². The van der Waals surface area contributed by atoms with E-state index in [0.717, 1.165) is 42.6 Å². The van der Waals surface area contributed by atoms with Crippen LogP contribution in [-0.2, 0) is 9.47 Å². The molecule has 156 valence electrons. The summed E-state index contributed by atoms with van der Waals surface area (Å²) in [6.45, 7) is 1.21. The third-order valence-electron chi connectivity index (χ3n) is 5.33. The molecule has 7 nitrogen and oxygen atoms in total. The van der Waals surface area contributed by atoms with Crippen LogP contribution in [0.2, 0.25) is 0 Å². The van der Waals surface area contributed by atoms with Crippen LogP contribution in [0.15, 0.2) is 36.2 Å². The van der Waals surface area contributed by atoms with Gasteiger partial charge < -0.3 is 18.9 Å². The van der Waals surface area contributed by atoms with Gasteiger partial charge in [-0.2, -0.15) is 5.26 Å². The Hall–Kier alpha value is -2.73. The normalized spacial score (nSPS) is 21.7. The van der Waals surface area contributed by atoms with E-state index in [1.54, 1.807) is 26.6 Å². The van der Waals surface area contributed by atoms with Gasteiger partial charge in [0.15, 0.2) is 11.5 Å². The van der Waals surface area contributed by atoms with Crippen molar-refractivity contribution in [2.75, 3.05) is 27.4 Å². The summed E-state index contributed by atoms with van der Waals surface area (Å²) in [6.07, 6.45) is 8.19. The first-order valence-electron chi connectivity index (χ1n) is 9.85. The quantitative estimate of drug-likeness (QED) is 0.653. The molecule has 1 saturated heterocycles. The van der Waals surface area contributed by atoms with Gasteiger partial charge in [0.25, 0.3) is 0 Å². The number of rotatable bonds is 6. The summed E-state index contributed by atoms with van der Waals surface area (Å²) in [4.78, 5) is 4.96. The fourth-order valence-corrected chi connectivity index (χ4v) is 3.94. The molecule has 2 unspecified atom stereocenters. The second-order valence-corrected chi connectivity index (χ2v) is 7.62. The third-order valence-corrected chi connectivity index (χ3v) is 5.78. The molecule has 2 atom stereocenters. The average Bonchev–Trinajstić information content (AvgIpc) is 3.20. The number of hydrogen-bond donors (Lipinski definition) is 0. The third kappa shape index (κ3) is 3.97. The van der Waals surface area contributed by atoms with Crippen molar-refractivity contribution in [1.29, 1.82) is 5.26 Å². The van der Waals surface area contributed by atoms with Crippen LogP contribution in [0, 0.1) is 11.3 Å². The van der Waals surface area contributed by atoms with Crippen molar-refractivity contribution in [3.63, 3.8) is 0 Å². The topological polar surface area (TPSA) is 78.5 Å². The average molecular weight is 426 g/mol. The largest absolute Gasteiger partial charge is 0.493 e. The highest BCUT2D eigenvalue weighted by molar-refractivity contribution is 7.81. The molecule has 0 spiro atoms. The zero-order valence-electron chi connectivity index (χ0n) is 17.0. The Bertz CT molecular complexity index is 1060. The molecule has 30 heavy (non-hydrogen) atoms. The number of imidazole rings is 1. The Morgan fingerprint density at radius 2 is 2.07 bits per heavy atom. The highest BCUT2D eigenvalue weighted by Crippen LogP contribution is 2.33. The predicted molar refractivity (Wildman–Crippen MR) is 117 cm³/mol. The molecule has 0 saturated carbocycles. The minimum absolute atomic E-state index is 0.0700. The molecule has 1 fully saturated rings. The first-order chi connectivity index (χ1) is 14.6. The number of nitriles is 1. The zero-order valence-corrected chi connectivity index (χ0v) is 17.8. The summed E-state index contributed by atoms with van der Waals surface area (Å²) < 4.78 is 24.5. The van der Waals surface area contributed by atoms with E-state index in [1.807, 2.05) is 22.8 Å². The number of aromatic nitrogens is 2. The number of nitrogens with zero attached hydrogens (tertiary/aromatic N) is 3. The lowest BCUT2D eigenvalue weighted by molar-refractivity contribution is -0.0427. The van der Waals surface area contributed by atoms with Crippen LogP contribution in [0.3, 0.4) is 0 Å². The van der Waals surface area contributed by atoms with E-state index in [-0.39, 0.29) is 6.10 Å². The Kier molecular flexibility index (Phi) is 6.13. The second kappa shape index (κ2) is 8.96. The first-order valence-corrected chi connectivity index (χ1v) is 10.3. The van der Waals surface area contributed by atoms with E-state index in [4.69, 9.17) is 31.2 Å². The highest BCUT2D eigenvalue weighted by Gasteiger charge is 2.25. The molecular weight excluding hydrogens is 402 g/mol. The van der Waals surface area contributed by atoms with E-state index >= 15 is 0 Å². The molecule has 0 bridgehead atoms. The Morgan fingerprint density at radius 3 is 2.77 bits per heavy atom.